The first-order valence-electron chi connectivity index (χ1n) is 17.1. The van der Waals surface area contributed by atoms with E-state index >= 15 is 0 Å². The topological polar surface area (TPSA) is 130 Å². The molecule has 7 aromatic carbocycles. The van der Waals surface area contributed by atoms with Crippen LogP contribution in [0, 0.1) is 22.7 Å². The van der Waals surface area contributed by atoms with Gasteiger partial charge >= 0.3 is 0 Å². The Morgan fingerprint density at radius 3 is 1.07 bits per heavy atom. The van der Waals surface area contributed by atoms with Gasteiger partial charge in [-0.05, 0) is 107 Å². The average molecular weight is 701 g/mol. The fourth-order valence-electron chi connectivity index (χ4n) is 5.91. The van der Waals surface area contributed by atoms with Crippen molar-refractivity contribution < 1.29 is 9.59 Å². The molecule has 0 saturated carbocycles. The molecular formula is C46H32N6O2. The maximum absolute atomic E-state index is 13.4. The molecule has 8 heteroatoms. The predicted molar refractivity (Wildman–Crippen MR) is 215 cm³/mol. The number of nitrogens with one attached hydrogen (secondary N) is 4. The zero-order chi connectivity index (χ0) is 37.3. The third kappa shape index (κ3) is 8.00. The third-order valence-corrected chi connectivity index (χ3v) is 8.77. The second-order valence-electron chi connectivity index (χ2n) is 12.3. The zero-order valence-electron chi connectivity index (χ0n) is 28.9. The van der Waals surface area contributed by atoms with Gasteiger partial charge in [-0.2, -0.15) is 10.5 Å². The SMILES string of the molecule is N#Cc1ccc(-c2ccc(Nc3ccccc3Nc3ccc(-c4ccc(C#N)cc4)cc3NC(=O)c3ccccc3)c(NC(=O)c3ccccc3)c2)cc1. The summed E-state index contributed by atoms with van der Waals surface area (Å²) < 4.78 is 0. The minimum absolute atomic E-state index is 0.261. The molecule has 0 saturated heterocycles. The number of carbonyl (C=O) groups excluding carboxylic acids is 2. The summed E-state index contributed by atoms with van der Waals surface area (Å²) in [6.07, 6.45) is 0. The molecule has 0 atom stereocenters. The largest absolute Gasteiger partial charge is 0.352 e. The van der Waals surface area contributed by atoms with Crippen molar-refractivity contribution >= 4 is 45.9 Å². The molecular weight excluding hydrogens is 669 g/mol. The summed E-state index contributed by atoms with van der Waals surface area (Å²) in [5, 5.41) is 31.8. The van der Waals surface area contributed by atoms with E-state index < -0.39 is 0 Å². The Balaban J connectivity index is 1.23. The molecule has 258 valence electrons. The summed E-state index contributed by atoms with van der Waals surface area (Å²) in [7, 11) is 0. The van der Waals surface area contributed by atoms with E-state index in [-0.39, 0.29) is 11.8 Å². The molecule has 0 aliphatic carbocycles. The summed E-state index contributed by atoms with van der Waals surface area (Å²) >= 11 is 0. The van der Waals surface area contributed by atoms with Crippen LogP contribution in [0.4, 0.5) is 34.1 Å². The van der Waals surface area contributed by atoms with E-state index in [1.54, 1.807) is 48.5 Å². The first-order chi connectivity index (χ1) is 26.5. The molecule has 0 fully saturated rings. The van der Waals surface area contributed by atoms with E-state index in [1.807, 2.05) is 121 Å². The molecule has 0 radical (unpaired) electrons. The van der Waals surface area contributed by atoms with Crippen molar-refractivity contribution in [3.05, 3.63) is 192 Å². The zero-order valence-corrected chi connectivity index (χ0v) is 28.9. The number of nitrogens with zero attached hydrogens (tertiary/aromatic N) is 2. The van der Waals surface area contributed by atoms with Crippen LogP contribution in [0.3, 0.4) is 0 Å². The van der Waals surface area contributed by atoms with Crippen LogP contribution >= 0.6 is 0 Å². The number of nitriles is 2. The van der Waals surface area contributed by atoms with Crippen LogP contribution in [0.25, 0.3) is 22.3 Å². The van der Waals surface area contributed by atoms with Crippen LogP contribution in [0.2, 0.25) is 0 Å². The maximum atomic E-state index is 13.4. The van der Waals surface area contributed by atoms with Crippen molar-refractivity contribution in [2.75, 3.05) is 21.3 Å². The second kappa shape index (κ2) is 15.9. The lowest BCUT2D eigenvalue weighted by Gasteiger charge is -2.20. The Kier molecular flexibility index (Phi) is 10.2. The number of hydrogen-bond acceptors (Lipinski definition) is 6. The average Bonchev–Trinajstić information content (AvgIpc) is 3.23. The van der Waals surface area contributed by atoms with E-state index in [9.17, 15) is 20.1 Å². The summed E-state index contributed by atoms with van der Waals surface area (Å²) in [6.45, 7) is 0. The van der Waals surface area contributed by atoms with E-state index in [4.69, 9.17) is 0 Å². The van der Waals surface area contributed by atoms with Gasteiger partial charge in [0.2, 0.25) is 0 Å². The summed E-state index contributed by atoms with van der Waals surface area (Å²) in [5.74, 6) is -0.522. The van der Waals surface area contributed by atoms with Crippen LogP contribution in [-0.4, -0.2) is 11.8 Å². The lowest BCUT2D eigenvalue weighted by molar-refractivity contribution is 0.101. The van der Waals surface area contributed by atoms with Gasteiger partial charge < -0.3 is 21.3 Å². The highest BCUT2D eigenvalue weighted by atomic mass is 16.2. The summed E-state index contributed by atoms with van der Waals surface area (Å²) in [6, 6.07) is 56.1. The van der Waals surface area contributed by atoms with Gasteiger partial charge in [0.05, 0.1) is 57.4 Å². The van der Waals surface area contributed by atoms with Crippen LogP contribution in [0.5, 0.6) is 0 Å². The van der Waals surface area contributed by atoms with Gasteiger partial charge in [0, 0.05) is 11.1 Å². The summed E-state index contributed by atoms with van der Waals surface area (Å²) in [5.41, 5.74) is 9.53. The van der Waals surface area contributed by atoms with E-state index in [0.29, 0.717) is 45.0 Å². The van der Waals surface area contributed by atoms with E-state index in [2.05, 4.69) is 33.4 Å². The molecule has 7 rings (SSSR count). The molecule has 7 aromatic rings. The number of para-hydroxylation sites is 2. The highest BCUT2D eigenvalue weighted by Gasteiger charge is 2.16. The molecule has 2 amide bonds. The van der Waals surface area contributed by atoms with Crippen molar-refractivity contribution in [3.63, 3.8) is 0 Å². The van der Waals surface area contributed by atoms with Gasteiger partial charge in [-0.1, -0.05) is 84.9 Å². The van der Waals surface area contributed by atoms with Crippen molar-refractivity contribution in [2.24, 2.45) is 0 Å². The fourth-order valence-corrected chi connectivity index (χ4v) is 5.91. The maximum Gasteiger partial charge on any atom is 0.255 e. The van der Waals surface area contributed by atoms with Gasteiger partial charge in [-0.3, -0.25) is 9.59 Å². The van der Waals surface area contributed by atoms with E-state index in [1.165, 1.54) is 0 Å². The molecule has 8 nitrogen and oxygen atoms in total. The Hall–Kier alpha value is -7.94. The number of anilines is 6. The molecule has 0 aliphatic heterocycles. The molecule has 0 spiro atoms. The highest BCUT2D eigenvalue weighted by Crippen LogP contribution is 2.37. The van der Waals surface area contributed by atoms with Crippen molar-refractivity contribution in [2.45, 2.75) is 0 Å². The monoisotopic (exact) mass is 700 g/mol. The Morgan fingerprint density at radius 2 is 0.704 bits per heavy atom. The van der Waals surface area contributed by atoms with Crippen LogP contribution in [0.1, 0.15) is 31.8 Å². The number of amides is 2. The number of rotatable bonds is 10. The van der Waals surface area contributed by atoms with Gasteiger partial charge in [-0.25, -0.2) is 0 Å². The quantitative estimate of drug-likeness (QED) is 0.112. The van der Waals surface area contributed by atoms with Crippen LogP contribution < -0.4 is 21.3 Å². The number of benzene rings is 7. The Morgan fingerprint density at radius 1 is 0.370 bits per heavy atom. The number of hydrogen-bond donors (Lipinski definition) is 4. The lowest BCUT2D eigenvalue weighted by Crippen LogP contribution is -2.14. The predicted octanol–water partition coefficient (Wildman–Crippen LogP) is 10.8. The van der Waals surface area contributed by atoms with Crippen molar-refractivity contribution in [1.82, 2.24) is 0 Å². The van der Waals surface area contributed by atoms with Gasteiger partial charge in [-0.15, -0.1) is 0 Å². The molecule has 4 N–H and O–H groups in total. The smallest absolute Gasteiger partial charge is 0.255 e. The summed E-state index contributed by atoms with van der Waals surface area (Å²) in [4.78, 5) is 26.8. The first kappa shape index (κ1) is 34.5. The van der Waals surface area contributed by atoms with Gasteiger partial charge in [0.1, 0.15) is 0 Å². The normalized spacial score (nSPS) is 10.3. The van der Waals surface area contributed by atoms with Crippen molar-refractivity contribution in [1.29, 1.82) is 10.5 Å². The van der Waals surface area contributed by atoms with Gasteiger partial charge in [0.25, 0.3) is 11.8 Å². The lowest BCUT2D eigenvalue weighted by atomic mass is 10.0. The second-order valence-corrected chi connectivity index (χ2v) is 12.3. The molecule has 0 heterocycles. The Labute approximate surface area is 313 Å². The van der Waals surface area contributed by atoms with Crippen LogP contribution in [-0.2, 0) is 0 Å². The fraction of sp³-hybridized carbons (Fsp3) is 0. The minimum atomic E-state index is -0.261. The highest BCUT2D eigenvalue weighted by molar-refractivity contribution is 6.08. The van der Waals surface area contributed by atoms with E-state index in [0.717, 1.165) is 33.6 Å². The first-order valence-corrected chi connectivity index (χ1v) is 17.1. The molecule has 0 aliphatic rings. The molecule has 54 heavy (non-hydrogen) atoms. The molecule has 0 aromatic heterocycles. The molecule has 0 unspecified atom stereocenters. The minimum Gasteiger partial charge on any atom is -0.352 e. The Bertz CT molecular complexity index is 2360. The van der Waals surface area contributed by atoms with Crippen molar-refractivity contribution in [3.8, 4) is 34.4 Å². The van der Waals surface area contributed by atoms with Gasteiger partial charge in [0.15, 0.2) is 0 Å². The third-order valence-electron chi connectivity index (χ3n) is 8.77. The molecule has 0 bridgehead atoms. The standard InChI is InChI=1S/C46H32N6O2/c47-29-31-15-19-33(20-16-31)37-23-25-41(43(27-37)51-45(53)35-9-3-1-4-10-35)49-39-13-7-8-14-40(39)50-42-26-24-38(34-21-17-32(30-48)18-22-34)28-44(42)52-46(54)36-11-5-2-6-12-36/h1-28,49-50H,(H,51,53)(H,52,54). The number of carbonyl (C=O) groups is 2. The van der Waals surface area contributed by atoms with Crippen LogP contribution in [0.15, 0.2) is 170 Å².